The molecular formula is C24H22Cl2N4O. The number of anilines is 1. The molecule has 4 aromatic rings. The lowest BCUT2D eigenvalue weighted by Crippen LogP contribution is -2.13. The quantitative estimate of drug-likeness (QED) is 0.357. The first-order chi connectivity index (χ1) is 14.9. The minimum Gasteiger partial charge on any atom is -0.322 e. The number of hydrogen-bond donors (Lipinski definition) is 1. The van der Waals surface area contributed by atoms with Gasteiger partial charge < -0.3 is 5.32 Å². The minimum atomic E-state index is -0.306. The van der Waals surface area contributed by atoms with Crippen molar-refractivity contribution in [3.05, 3.63) is 81.3 Å². The van der Waals surface area contributed by atoms with Crippen molar-refractivity contribution < 1.29 is 4.79 Å². The largest absolute Gasteiger partial charge is 0.322 e. The summed E-state index contributed by atoms with van der Waals surface area (Å²) in [6, 6.07) is 16.8. The third-order valence-corrected chi connectivity index (χ3v) is 5.68. The van der Waals surface area contributed by atoms with Crippen molar-refractivity contribution in [2.24, 2.45) is 0 Å². The normalized spacial score (nSPS) is 11.1. The summed E-state index contributed by atoms with van der Waals surface area (Å²) in [5.41, 5.74) is 5.56. The van der Waals surface area contributed by atoms with Gasteiger partial charge in [-0.15, -0.1) is 10.2 Å². The Labute approximate surface area is 191 Å². The maximum absolute atomic E-state index is 12.7. The molecule has 0 radical (unpaired) electrons. The molecule has 1 heterocycles. The number of rotatable bonds is 6. The third-order valence-electron chi connectivity index (χ3n) is 5.14. The van der Waals surface area contributed by atoms with Crippen LogP contribution in [0.2, 0.25) is 10.0 Å². The second kappa shape index (κ2) is 9.08. The van der Waals surface area contributed by atoms with E-state index in [2.05, 4.69) is 34.6 Å². The van der Waals surface area contributed by atoms with Gasteiger partial charge in [0.15, 0.2) is 0 Å². The van der Waals surface area contributed by atoms with E-state index in [1.807, 2.05) is 31.2 Å². The predicted molar refractivity (Wildman–Crippen MR) is 127 cm³/mol. The third kappa shape index (κ3) is 4.73. The fraction of sp³-hybridized carbons (Fsp3) is 0.208. The highest BCUT2D eigenvalue weighted by Gasteiger charge is 2.14. The number of fused-ring (bicyclic) bond motifs is 1. The Hall–Kier alpha value is -2.89. The molecule has 0 aliphatic carbocycles. The highest BCUT2D eigenvalue weighted by Crippen LogP contribution is 2.25. The van der Waals surface area contributed by atoms with Crippen LogP contribution in [-0.2, 0) is 6.42 Å². The number of hydrogen-bond acceptors (Lipinski definition) is 3. The maximum atomic E-state index is 12.7. The number of carbonyl (C=O) groups is 1. The van der Waals surface area contributed by atoms with Gasteiger partial charge in [-0.05, 0) is 73.4 Å². The Balaban J connectivity index is 1.59. The van der Waals surface area contributed by atoms with Crippen molar-refractivity contribution in [3.63, 3.8) is 0 Å². The number of unbranched alkanes of at least 4 members (excludes halogenated alkanes) is 1. The molecular weight excluding hydrogens is 431 g/mol. The summed E-state index contributed by atoms with van der Waals surface area (Å²) in [6.45, 7) is 4.11. The van der Waals surface area contributed by atoms with Crippen LogP contribution in [0.1, 0.15) is 41.3 Å². The van der Waals surface area contributed by atoms with Crippen LogP contribution in [0.15, 0.2) is 54.6 Å². The van der Waals surface area contributed by atoms with Crippen molar-refractivity contribution >= 4 is 45.8 Å². The van der Waals surface area contributed by atoms with Crippen LogP contribution in [-0.4, -0.2) is 20.9 Å². The summed E-state index contributed by atoms with van der Waals surface area (Å²) in [6.07, 6.45) is 3.43. The van der Waals surface area contributed by atoms with Crippen LogP contribution in [0.5, 0.6) is 0 Å². The average molecular weight is 453 g/mol. The van der Waals surface area contributed by atoms with Crippen LogP contribution in [0.25, 0.3) is 16.7 Å². The highest BCUT2D eigenvalue weighted by atomic mass is 35.5. The lowest BCUT2D eigenvalue weighted by Gasteiger charge is -2.09. The van der Waals surface area contributed by atoms with Crippen LogP contribution >= 0.6 is 23.2 Å². The van der Waals surface area contributed by atoms with E-state index >= 15 is 0 Å². The molecule has 3 aromatic carbocycles. The van der Waals surface area contributed by atoms with E-state index in [0.29, 0.717) is 26.8 Å². The van der Waals surface area contributed by atoms with Crippen LogP contribution < -0.4 is 5.32 Å². The molecule has 0 fully saturated rings. The second-order valence-corrected chi connectivity index (χ2v) is 8.34. The number of aromatic nitrogens is 3. The number of benzene rings is 3. The van der Waals surface area contributed by atoms with Crippen molar-refractivity contribution in [1.29, 1.82) is 0 Å². The number of carbonyl (C=O) groups excluding carboxylic acids is 1. The number of nitrogens with one attached hydrogen (secondary N) is 1. The molecule has 1 N–H and O–H groups in total. The predicted octanol–water partition coefficient (Wildman–Crippen LogP) is 6.63. The van der Waals surface area contributed by atoms with Gasteiger partial charge in [0.05, 0.1) is 16.3 Å². The first-order valence-corrected chi connectivity index (χ1v) is 10.9. The summed E-state index contributed by atoms with van der Waals surface area (Å²) in [7, 11) is 0. The van der Waals surface area contributed by atoms with E-state index in [4.69, 9.17) is 23.2 Å². The van der Waals surface area contributed by atoms with Crippen molar-refractivity contribution in [2.45, 2.75) is 33.1 Å². The molecule has 158 valence electrons. The Bertz CT molecular complexity index is 1250. The summed E-state index contributed by atoms with van der Waals surface area (Å²) in [5, 5.41) is 12.9. The van der Waals surface area contributed by atoms with E-state index in [-0.39, 0.29) is 5.91 Å². The average Bonchev–Trinajstić information content (AvgIpc) is 3.15. The van der Waals surface area contributed by atoms with Crippen LogP contribution in [0, 0.1) is 6.92 Å². The van der Waals surface area contributed by atoms with E-state index in [1.165, 1.54) is 18.4 Å². The molecule has 31 heavy (non-hydrogen) atoms. The number of aryl methyl sites for hydroxylation is 2. The van der Waals surface area contributed by atoms with E-state index < -0.39 is 0 Å². The minimum absolute atomic E-state index is 0.303. The van der Waals surface area contributed by atoms with Gasteiger partial charge in [0, 0.05) is 10.7 Å². The zero-order valence-electron chi connectivity index (χ0n) is 17.3. The monoisotopic (exact) mass is 452 g/mol. The summed E-state index contributed by atoms with van der Waals surface area (Å²) < 4.78 is 0. The van der Waals surface area contributed by atoms with Gasteiger partial charge in [-0.1, -0.05) is 48.7 Å². The number of halogens is 2. The zero-order chi connectivity index (χ0) is 22.0. The van der Waals surface area contributed by atoms with Gasteiger partial charge in [-0.25, -0.2) is 0 Å². The van der Waals surface area contributed by atoms with Gasteiger partial charge in [-0.3, -0.25) is 4.79 Å². The zero-order valence-corrected chi connectivity index (χ0v) is 18.8. The smallest absolute Gasteiger partial charge is 0.257 e. The summed E-state index contributed by atoms with van der Waals surface area (Å²) in [4.78, 5) is 14.3. The van der Waals surface area contributed by atoms with Gasteiger partial charge in [0.25, 0.3) is 5.91 Å². The molecule has 0 spiro atoms. The lowest BCUT2D eigenvalue weighted by atomic mass is 10.1. The highest BCUT2D eigenvalue weighted by molar-refractivity contribution is 6.37. The molecule has 1 amide bonds. The van der Waals surface area contributed by atoms with E-state index in [0.717, 1.165) is 23.2 Å². The Morgan fingerprint density at radius 1 is 1.00 bits per heavy atom. The molecule has 5 nitrogen and oxygen atoms in total. The maximum Gasteiger partial charge on any atom is 0.257 e. The fourth-order valence-electron chi connectivity index (χ4n) is 3.36. The SMILES string of the molecule is CCCCc1ccc(-n2nc3cc(C)c(NC(=O)c4ccc(Cl)cc4Cl)cc3n2)cc1. The van der Waals surface area contributed by atoms with Crippen molar-refractivity contribution in [1.82, 2.24) is 15.0 Å². The molecule has 0 aliphatic rings. The van der Waals surface area contributed by atoms with Crippen molar-refractivity contribution in [2.75, 3.05) is 5.32 Å². The number of amides is 1. The topological polar surface area (TPSA) is 59.8 Å². The molecule has 1 aromatic heterocycles. The second-order valence-electron chi connectivity index (χ2n) is 7.49. The molecule has 4 rings (SSSR count). The summed E-state index contributed by atoms with van der Waals surface area (Å²) >= 11 is 12.1. The molecule has 0 atom stereocenters. The molecule has 7 heteroatoms. The van der Waals surface area contributed by atoms with Crippen LogP contribution in [0.3, 0.4) is 0 Å². The first-order valence-electron chi connectivity index (χ1n) is 10.2. The lowest BCUT2D eigenvalue weighted by molar-refractivity contribution is 0.102. The van der Waals surface area contributed by atoms with E-state index in [1.54, 1.807) is 23.0 Å². The Kier molecular flexibility index (Phi) is 6.25. The van der Waals surface area contributed by atoms with Gasteiger partial charge in [0.1, 0.15) is 11.0 Å². The van der Waals surface area contributed by atoms with Gasteiger partial charge in [0.2, 0.25) is 0 Å². The van der Waals surface area contributed by atoms with Gasteiger partial charge >= 0.3 is 0 Å². The molecule has 0 saturated heterocycles. The first kappa shape index (κ1) is 21.3. The number of nitrogens with zero attached hydrogens (tertiary/aromatic N) is 3. The molecule has 0 aliphatic heterocycles. The Morgan fingerprint density at radius 3 is 2.39 bits per heavy atom. The summed E-state index contributed by atoms with van der Waals surface area (Å²) in [5.74, 6) is -0.306. The Morgan fingerprint density at radius 2 is 1.71 bits per heavy atom. The fourth-order valence-corrected chi connectivity index (χ4v) is 3.85. The van der Waals surface area contributed by atoms with E-state index in [9.17, 15) is 4.79 Å². The van der Waals surface area contributed by atoms with Crippen LogP contribution in [0.4, 0.5) is 5.69 Å². The van der Waals surface area contributed by atoms with Gasteiger partial charge in [-0.2, -0.15) is 4.80 Å². The molecule has 0 saturated carbocycles. The molecule has 0 unspecified atom stereocenters. The van der Waals surface area contributed by atoms with Crippen molar-refractivity contribution in [3.8, 4) is 5.69 Å². The molecule has 0 bridgehead atoms. The standard InChI is InChI=1S/C24H22Cl2N4O/c1-3-4-5-16-6-9-18(10-7-16)30-28-22-12-15(2)21(14-23(22)29-30)27-24(31)19-11-8-17(25)13-20(19)26/h6-14H,3-5H2,1-2H3,(H,27,31).